The quantitative estimate of drug-likeness (QED) is 0.621. The van der Waals surface area contributed by atoms with E-state index in [9.17, 15) is 9.59 Å². The number of nitrogens with one attached hydrogen (secondary N) is 2. The molecule has 4 rings (SSSR count). The number of halogens is 1. The molecule has 31 heavy (non-hydrogen) atoms. The first kappa shape index (κ1) is 22.6. The third-order valence-electron chi connectivity index (χ3n) is 5.25. The van der Waals surface area contributed by atoms with Crippen LogP contribution in [0.15, 0.2) is 39.5 Å². The van der Waals surface area contributed by atoms with Crippen molar-refractivity contribution >= 4 is 24.0 Å². The number of aromatic nitrogens is 4. The van der Waals surface area contributed by atoms with Crippen LogP contribution >= 0.6 is 12.4 Å². The van der Waals surface area contributed by atoms with Gasteiger partial charge in [0.05, 0.1) is 6.54 Å². The monoisotopic (exact) mass is 444 g/mol. The lowest BCUT2D eigenvalue weighted by Gasteiger charge is -2.21. The van der Waals surface area contributed by atoms with E-state index >= 15 is 0 Å². The largest absolute Gasteiger partial charge is 0.427 e. The highest BCUT2D eigenvalue weighted by molar-refractivity contribution is 6.05. The third kappa shape index (κ3) is 5.00. The summed E-state index contributed by atoms with van der Waals surface area (Å²) < 4.78 is 5.52. The third-order valence-corrected chi connectivity index (χ3v) is 5.25. The molecule has 2 aromatic heterocycles. The van der Waals surface area contributed by atoms with Gasteiger partial charge in [0.15, 0.2) is 0 Å². The van der Waals surface area contributed by atoms with E-state index in [0.29, 0.717) is 29.4 Å². The molecule has 1 aliphatic rings. The Bertz CT molecular complexity index is 1120. The molecule has 1 fully saturated rings. The highest BCUT2D eigenvalue weighted by Gasteiger charge is 2.22. The number of anilines is 1. The van der Waals surface area contributed by atoms with Gasteiger partial charge in [-0.3, -0.25) is 4.79 Å². The van der Waals surface area contributed by atoms with Gasteiger partial charge in [0.1, 0.15) is 11.3 Å². The second-order valence-electron chi connectivity index (χ2n) is 7.36. The minimum Gasteiger partial charge on any atom is -0.427 e. The Morgan fingerprint density at radius 1 is 1.29 bits per heavy atom. The summed E-state index contributed by atoms with van der Waals surface area (Å²) in [5, 5.41) is 18.3. The summed E-state index contributed by atoms with van der Waals surface area (Å²) >= 11 is 0. The number of carbonyl (C=O) groups excluding carboxylic acids is 1. The number of hydrogen-bond donors (Lipinski definition) is 2. The summed E-state index contributed by atoms with van der Waals surface area (Å²) in [7, 11) is 0. The van der Waals surface area contributed by atoms with Crippen LogP contribution in [0, 0.1) is 6.92 Å². The van der Waals surface area contributed by atoms with Crippen molar-refractivity contribution in [1.82, 2.24) is 25.5 Å². The standard InChI is InChI=1S/C21H24N6O3.ClH/c1-3-27-25-19(24-26-27)15-5-4-6-16(12-15)23-20(28)18-13(2)11-17(30-21(18)29)14-7-9-22-10-8-14;/h4-6,11-12,14,22H,3,7-10H2,1-2H3,(H,23,28);1H. The molecule has 0 unspecified atom stereocenters. The second-order valence-corrected chi connectivity index (χ2v) is 7.36. The van der Waals surface area contributed by atoms with Crippen LogP contribution in [0.5, 0.6) is 0 Å². The average Bonchev–Trinajstić information content (AvgIpc) is 3.23. The van der Waals surface area contributed by atoms with Crippen molar-refractivity contribution in [3.63, 3.8) is 0 Å². The fourth-order valence-corrected chi connectivity index (χ4v) is 3.64. The van der Waals surface area contributed by atoms with E-state index in [0.717, 1.165) is 31.5 Å². The van der Waals surface area contributed by atoms with Gasteiger partial charge < -0.3 is 15.1 Å². The maximum absolute atomic E-state index is 12.8. The van der Waals surface area contributed by atoms with Crippen LogP contribution in [0.25, 0.3) is 11.4 Å². The molecule has 1 amide bonds. The fourth-order valence-electron chi connectivity index (χ4n) is 3.64. The van der Waals surface area contributed by atoms with Crippen molar-refractivity contribution in [1.29, 1.82) is 0 Å². The number of rotatable bonds is 5. The van der Waals surface area contributed by atoms with Crippen molar-refractivity contribution in [3.8, 4) is 11.4 Å². The molecule has 0 spiro atoms. The number of piperidine rings is 1. The molecular weight excluding hydrogens is 420 g/mol. The fraction of sp³-hybridized carbons (Fsp3) is 0.381. The maximum atomic E-state index is 12.8. The molecule has 3 aromatic rings. The van der Waals surface area contributed by atoms with Gasteiger partial charge in [-0.1, -0.05) is 12.1 Å². The molecule has 10 heteroatoms. The van der Waals surface area contributed by atoms with Gasteiger partial charge >= 0.3 is 5.63 Å². The summed E-state index contributed by atoms with van der Waals surface area (Å²) in [5.41, 5.74) is 1.28. The van der Waals surface area contributed by atoms with Gasteiger partial charge in [-0.15, -0.1) is 22.6 Å². The Kier molecular flexibility index (Phi) is 7.19. The SMILES string of the molecule is CCn1nnc(-c2cccc(NC(=O)c3c(C)cc(C4CCNCC4)oc3=O)c2)n1.Cl. The minimum atomic E-state index is -0.607. The average molecular weight is 445 g/mol. The Morgan fingerprint density at radius 2 is 2.06 bits per heavy atom. The summed E-state index contributed by atoms with van der Waals surface area (Å²) in [6, 6.07) is 8.92. The zero-order valence-corrected chi connectivity index (χ0v) is 18.2. The van der Waals surface area contributed by atoms with Crippen LogP contribution in [0.3, 0.4) is 0 Å². The van der Waals surface area contributed by atoms with Gasteiger partial charge in [0, 0.05) is 17.2 Å². The van der Waals surface area contributed by atoms with Crippen molar-refractivity contribution < 1.29 is 9.21 Å². The summed E-state index contributed by atoms with van der Waals surface area (Å²) in [5.74, 6) is 0.827. The molecule has 0 atom stereocenters. The van der Waals surface area contributed by atoms with Crippen molar-refractivity contribution in [3.05, 3.63) is 57.6 Å². The van der Waals surface area contributed by atoms with Crippen molar-refractivity contribution in [2.24, 2.45) is 0 Å². The molecular formula is C21H25ClN6O3. The molecule has 0 saturated carbocycles. The molecule has 1 saturated heterocycles. The minimum absolute atomic E-state index is 0. The first-order valence-corrected chi connectivity index (χ1v) is 10.1. The molecule has 0 aliphatic carbocycles. The lowest BCUT2D eigenvalue weighted by molar-refractivity contribution is 0.102. The van der Waals surface area contributed by atoms with E-state index in [1.165, 1.54) is 4.80 Å². The molecule has 2 N–H and O–H groups in total. The number of tetrazole rings is 1. The van der Waals surface area contributed by atoms with Gasteiger partial charge in [0.25, 0.3) is 5.91 Å². The number of hydrogen-bond acceptors (Lipinski definition) is 7. The summed E-state index contributed by atoms with van der Waals surface area (Å²) in [6.45, 7) is 6.10. The second kappa shape index (κ2) is 9.84. The van der Waals surface area contributed by atoms with E-state index in [2.05, 4.69) is 26.0 Å². The van der Waals surface area contributed by atoms with Crippen LogP contribution in [-0.4, -0.2) is 39.2 Å². The Balaban J connectivity index is 0.00000272. The summed E-state index contributed by atoms with van der Waals surface area (Å²) in [6.07, 6.45) is 1.83. The van der Waals surface area contributed by atoms with E-state index in [1.54, 1.807) is 25.1 Å². The van der Waals surface area contributed by atoms with Gasteiger partial charge in [0.2, 0.25) is 5.82 Å². The molecule has 3 heterocycles. The number of carbonyl (C=O) groups is 1. The first-order chi connectivity index (χ1) is 14.5. The van der Waals surface area contributed by atoms with Crippen molar-refractivity contribution in [2.75, 3.05) is 18.4 Å². The lowest BCUT2D eigenvalue weighted by Crippen LogP contribution is -2.28. The van der Waals surface area contributed by atoms with Crippen LogP contribution in [0.2, 0.25) is 0 Å². The first-order valence-electron chi connectivity index (χ1n) is 10.1. The van der Waals surface area contributed by atoms with Crippen LogP contribution < -0.4 is 16.3 Å². The highest BCUT2D eigenvalue weighted by Crippen LogP contribution is 2.26. The molecule has 0 bridgehead atoms. The molecule has 0 radical (unpaired) electrons. The molecule has 164 valence electrons. The Labute approximate surface area is 185 Å². The van der Waals surface area contributed by atoms with E-state index < -0.39 is 11.5 Å². The molecule has 9 nitrogen and oxygen atoms in total. The molecule has 1 aromatic carbocycles. The Morgan fingerprint density at radius 3 is 2.74 bits per heavy atom. The molecule has 1 aliphatic heterocycles. The van der Waals surface area contributed by atoms with E-state index in [-0.39, 0.29) is 23.9 Å². The van der Waals surface area contributed by atoms with Gasteiger partial charge in [-0.05, 0) is 68.8 Å². The summed E-state index contributed by atoms with van der Waals surface area (Å²) in [4.78, 5) is 26.9. The van der Waals surface area contributed by atoms with Gasteiger partial charge in [-0.2, -0.15) is 4.80 Å². The van der Waals surface area contributed by atoms with Crippen LogP contribution in [0.4, 0.5) is 5.69 Å². The van der Waals surface area contributed by atoms with Gasteiger partial charge in [-0.25, -0.2) is 4.79 Å². The highest BCUT2D eigenvalue weighted by atomic mass is 35.5. The topological polar surface area (TPSA) is 115 Å². The van der Waals surface area contributed by atoms with E-state index in [4.69, 9.17) is 4.42 Å². The number of benzene rings is 1. The number of amides is 1. The number of aryl methyl sites for hydroxylation is 2. The van der Waals surface area contributed by atoms with Crippen LogP contribution in [0.1, 0.15) is 47.4 Å². The zero-order chi connectivity index (χ0) is 21.1. The lowest BCUT2D eigenvalue weighted by atomic mass is 9.94. The normalized spacial score (nSPS) is 14.1. The zero-order valence-electron chi connectivity index (χ0n) is 17.4. The van der Waals surface area contributed by atoms with E-state index in [1.807, 2.05) is 19.1 Å². The predicted molar refractivity (Wildman–Crippen MR) is 119 cm³/mol. The maximum Gasteiger partial charge on any atom is 0.349 e. The predicted octanol–water partition coefficient (Wildman–Crippen LogP) is 2.76. The van der Waals surface area contributed by atoms with Crippen LogP contribution in [-0.2, 0) is 6.54 Å². The smallest absolute Gasteiger partial charge is 0.349 e. The van der Waals surface area contributed by atoms with Crippen molar-refractivity contribution in [2.45, 2.75) is 39.2 Å². The number of nitrogens with zero attached hydrogens (tertiary/aromatic N) is 4. The Hall–Kier alpha value is -3.04.